The van der Waals surface area contributed by atoms with E-state index in [0.29, 0.717) is 16.1 Å². The standard InChI is InChI=1S/C14H21Cl2NS/c1-4-18-9-8-10(2)17-11(3)12-6-5-7-13(15)14(12)16/h5-7,10-11,17H,4,8-9H2,1-3H3. The number of halogens is 2. The van der Waals surface area contributed by atoms with E-state index < -0.39 is 0 Å². The lowest BCUT2D eigenvalue weighted by molar-refractivity contribution is 0.472. The number of nitrogens with one attached hydrogen (secondary N) is 1. The number of hydrogen-bond donors (Lipinski definition) is 1. The molecule has 1 nitrogen and oxygen atoms in total. The molecule has 0 saturated heterocycles. The van der Waals surface area contributed by atoms with Gasteiger partial charge in [0.25, 0.3) is 0 Å². The Morgan fingerprint density at radius 3 is 2.67 bits per heavy atom. The molecule has 0 radical (unpaired) electrons. The lowest BCUT2D eigenvalue weighted by atomic mass is 10.1. The van der Waals surface area contributed by atoms with E-state index in [2.05, 4.69) is 26.1 Å². The van der Waals surface area contributed by atoms with Gasteiger partial charge in [0.2, 0.25) is 0 Å². The molecule has 0 aliphatic carbocycles. The summed E-state index contributed by atoms with van der Waals surface area (Å²) in [6.07, 6.45) is 1.17. The molecule has 0 aromatic heterocycles. The van der Waals surface area contributed by atoms with Crippen LogP contribution in [0.1, 0.15) is 38.8 Å². The summed E-state index contributed by atoms with van der Waals surface area (Å²) < 4.78 is 0. The second-order valence-corrected chi connectivity index (χ2v) is 6.60. The van der Waals surface area contributed by atoms with E-state index in [4.69, 9.17) is 23.2 Å². The fraction of sp³-hybridized carbons (Fsp3) is 0.571. The van der Waals surface area contributed by atoms with Crippen molar-refractivity contribution in [2.24, 2.45) is 0 Å². The van der Waals surface area contributed by atoms with E-state index in [1.165, 1.54) is 17.9 Å². The summed E-state index contributed by atoms with van der Waals surface area (Å²) in [7, 11) is 0. The molecule has 0 bridgehead atoms. The van der Waals surface area contributed by atoms with Crippen molar-refractivity contribution in [2.75, 3.05) is 11.5 Å². The number of benzene rings is 1. The summed E-state index contributed by atoms with van der Waals surface area (Å²) in [5.41, 5.74) is 1.07. The average Bonchev–Trinajstić information content (AvgIpc) is 2.32. The first-order valence-electron chi connectivity index (χ1n) is 6.34. The van der Waals surface area contributed by atoms with Gasteiger partial charge in [0.05, 0.1) is 10.0 Å². The third kappa shape index (κ3) is 5.00. The van der Waals surface area contributed by atoms with Crippen LogP contribution in [0, 0.1) is 0 Å². The SMILES string of the molecule is CCSCCC(C)NC(C)c1cccc(Cl)c1Cl. The molecule has 1 N–H and O–H groups in total. The quantitative estimate of drug-likeness (QED) is 0.697. The van der Waals surface area contributed by atoms with Gasteiger partial charge in [0.15, 0.2) is 0 Å². The van der Waals surface area contributed by atoms with Crippen molar-refractivity contribution in [2.45, 2.75) is 39.3 Å². The lowest BCUT2D eigenvalue weighted by Crippen LogP contribution is -2.29. The van der Waals surface area contributed by atoms with Crippen molar-refractivity contribution in [3.63, 3.8) is 0 Å². The van der Waals surface area contributed by atoms with Crippen molar-refractivity contribution in [3.8, 4) is 0 Å². The molecule has 0 spiro atoms. The minimum atomic E-state index is 0.220. The molecule has 1 aromatic rings. The molecule has 102 valence electrons. The number of hydrogen-bond acceptors (Lipinski definition) is 2. The molecular weight excluding hydrogens is 285 g/mol. The van der Waals surface area contributed by atoms with Gasteiger partial charge in [-0.2, -0.15) is 11.8 Å². The second kappa shape index (κ2) is 8.31. The van der Waals surface area contributed by atoms with Crippen molar-refractivity contribution in [1.82, 2.24) is 5.32 Å². The van der Waals surface area contributed by atoms with Crippen LogP contribution in [0.3, 0.4) is 0 Å². The smallest absolute Gasteiger partial charge is 0.0639 e. The van der Waals surface area contributed by atoms with Gasteiger partial charge in [-0.15, -0.1) is 0 Å². The summed E-state index contributed by atoms with van der Waals surface area (Å²) in [5.74, 6) is 2.38. The summed E-state index contributed by atoms with van der Waals surface area (Å²) in [4.78, 5) is 0. The fourth-order valence-electron chi connectivity index (χ4n) is 1.86. The van der Waals surface area contributed by atoms with E-state index in [0.717, 1.165) is 5.56 Å². The van der Waals surface area contributed by atoms with Crippen LogP contribution in [0.4, 0.5) is 0 Å². The molecule has 1 aromatic carbocycles. The van der Waals surface area contributed by atoms with Crippen molar-refractivity contribution in [3.05, 3.63) is 33.8 Å². The Hall–Kier alpha value is 0.110. The largest absolute Gasteiger partial charge is 0.308 e. The van der Waals surface area contributed by atoms with Gasteiger partial charge in [-0.1, -0.05) is 42.3 Å². The molecule has 0 saturated carbocycles. The minimum Gasteiger partial charge on any atom is -0.308 e. The van der Waals surface area contributed by atoms with Crippen molar-refractivity contribution < 1.29 is 0 Å². The van der Waals surface area contributed by atoms with Gasteiger partial charge < -0.3 is 5.32 Å². The molecule has 2 atom stereocenters. The molecule has 2 unspecified atom stereocenters. The predicted octanol–water partition coefficient (Wildman–Crippen LogP) is 5.18. The summed E-state index contributed by atoms with van der Waals surface area (Å²) >= 11 is 14.2. The maximum Gasteiger partial charge on any atom is 0.0639 e. The third-order valence-electron chi connectivity index (χ3n) is 2.88. The van der Waals surface area contributed by atoms with E-state index in [9.17, 15) is 0 Å². The van der Waals surface area contributed by atoms with E-state index in [-0.39, 0.29) is 6.04 Å². The molecule has 0 aliphatic heterocycles. The first kappa shape index (κ1) is 16.2. The molecule has 0 fully saturated rings. The zero-order valence-electron chi connectivity index (χ0n) is 11.2. The Morgan fingerprint density at radius 2 is 2.00 bits per heavy atom. The second-order valence-electron chi connectivity index (χ2n) is 4.42. The Labute approximate surface area is 125 Å². The Balaban J connectivity index is 2.54. The summed E-state index contributed by atoms with van der Waals surface area (Å²) in [6, 6.07) is 6.49. The maximum absolute atomic E-state index is 6.22. The lowest BCUT2D eigenvalue weighted by Gasteiger charge is -2.21. The highest BCUT2D eigenvalue weighted by atomic mass is 35.5. The molecule has 1 rings (SSSR count). The van der Waals surface area contributed by atoms with Gasteiger partial charge in [0, 0.05) is 12.1 Å². The van der Waals surface area contributed by atoms with Crippen LogP contribution in [-0.2, 0) is 0 Å². The van der Waals surface area contributed by atoms with Crippen LogP contribution < -0.4 is 5.32 Å². The van der Waals surface area contributed by atoms with Crippen LogP contribution >= 0.6 is 35.0 Å². The highest BCUT2D eigenvalue weighted by Crippen LogP contribution is 2.30. The highest BCUT2D eigenvalue weighted by molar-refractivity contribution is 7.99. The molecule has 4 heteroatoms. The average molecular weight is 306 g/mol. The van der Waals surface area contributed by atoms with E-state index in [1.807, 2.05) is 30.0 Å². The Bertz CT molecular complexity index is 371. The molecular formula is C14H21Cl2NS. The minimum absolute atomic E-state index is 0.220. The highest BCUT2D eigenvalue weighted by Gasteiger charge is 2.13. The van der Waals surface area contributed by atoms with E-state index >= 15 is 0 Å². The molecule has 0 heterocycles. The van der Waals surface area contributed by atoms with Crippen LogP contribution in [0.5, 0.6) is 0 Å². The zero-order valence-corrected chi connectivity index (χ0v) is 13.5. The Morgan fingerprint density at radius 1 is 1.28 bits per heavy atom. The van der Waals surface area contributed by atoms with E-state index in [1.54, 1.807) is 0 Å². The Kier molecular flexibility index (Phi) is 7.47. The topological polar surface area (TPSA) is 12.0 Å². The number of rotatable bonds is 7. The predicted molar refractivity (Wildman–Crippen MR) is 85.1 cm³/mol. The van der Waals surface area contributed by atoms with Crippen LogP contribution in [-0.4, -0.2) is 17.5 Å². The van der Waals surface area contributed by atoms with Gasteiger partial charge in [-0.05, 0) is 43.4 Å². The molecule has 0 aliphatic rings. The van der Waals surface area contributed by atoms with Crippen LogP contribution in [0.25, 0.3) is 0 Å². The first-order valence-corrected chi connectivity index (χ1v) is 8.25. The molecule has 18 heavy (non-hydrogen) atoms. The monoisotopic (exact) mass is 305 g/mol. The van der Waals surface area contributed by atoms with Gasteiger partial charge in [-0.25, -0.2) is 0 Å². The molecule has 0 amide bonds. The van der Waals surface area contributed by atoms with Crippen LogP contribution in [0.15, 0.2) is 18.2 Å². The fourth-order valence-corrected chi connectivity index (χ4v) is 3.14. The van der Waals surface area contributed by atoms with Gasteiger partial charge in [0.1, 0.15) is 0 Å². The summed E-state index contributed by atoms with van der Waals surface area (Å²) in [5, 5.41) is 4.85. The maximum atomic E-state index is 6.22. The van der Waals surface area contributed by atoms with Gasteiger partial charge >= 0.3 is 0 Å². The van der Waals surface area contributed by atoms with Crippen molar-refractivity contribution in [1.29, 1.82) is 0 Å². The third-order valence-corrected chi connectivity index (χ3v) is 4.65. The van der Waals surface area contributed by atoms with Crippen molar-refractivity contribution >= 4 is 35.0 Å². The number of thioether (sulfide) groups is 1. The normalized spacial score (nSPS) is 14.5. The van der Waals surface area contributed by atoms with Gasteiger partial charge in [-0.3, -0.25) is 0 Å². The van der Waals surface area contributed by atoms with Crippen LogP contribution in [0.2, 0.25) is 10.0 Å². The zero-order chi connectivity index (χ0) is 13.5. The first-order chi connectivity index (χ1) is 8.56. The summed E-state index contributed by atoms with van der Waals surface area (Å²) in [6.45, 7) is 6.53.